The van der Waals surface area contributed by atoms with Crippen LogP contribution in [0.2, 0.25) is 5.15 Å². The van der Waals surface area contributed by atoms with Crippen molar-refractivity contribution in [3.05, 3.63) is 40.0 Å². The molecule has 0 aliphatic carbocycles. The van der Waals surface area contributed by atoms with Gasteiger partial charge >= 0.3 is 0 Å². The number of hydrogen-bond acceptors (Lipinski definition) is 3. The van der Waals surface area contributed by atoms with Crippen molar-refractivity contribution in [1.82, 2.24) is 19.6 Å². The fourth-order valence-electron chi connectivity index (χ4n) is 1.52. The van der Waals surface area contributed by atoms with Crippen LogP contribution in [-0.2, 0) is 0 Å². The molecule has 5 nitrogen and oxygen atoms in total. The van der Waals surface area contributed by atoms with Gasteiger partial charge in [0.1, 0.15) is 10.8 Å². The Bertz CT molecular complexity index is 715. The monoisotopic (exact) mass is 220 g/mol. The lowest BCUT2D eigenvalue weighted by atomic mass is 10.3. The number of hydrogen-bond donors (Lipinski definition) is 1. The molecule has 0 aromatic carbocycles. The number of nitrogens with one attached hydrogen (secondary N) is 1. The minimum absolute atomic E-state index is 0.201. The Hall–Kier alpha value is -1.88. The summed E-state index contributed by atoms with van der Waals surface area (Å²) in [5.74, 6) is 0. The number of nitrogens with zero attached hydrogens (tertiary/aromatic N) is 3. The molecule has 74 valence electrons. The maximum absolute atomic E-state index is 11.9. The second kappa shape index (κ2) is 2.80. The number of aromatic amines is 1. The summed E-state index contributed by atoms with van der Waals surface area (Å²) in [7, 11) is 0. The van der Waals surface area contributed by atoms with E-state index in [1.54, 1.807) is 18.3 Å². The summed E-state index contributed by atoms with van der Waals surface area (Å²) in [5, 5.41) is 4.72. The Labute approximate surface area is 88.3 Å². The third-order valence-corrected chi connectivity index (χ3v) is 2.41. The van der Waals surface area contributed by atoms with Crippen LogP contribution in [0.5, 0.6) is 0 Å². The van der Waals surface area contributed by atoms with Gasteiger partial charge in [-0.05, 0) is 6.07 Å². The largest absolute Gasteiger partial charge is 0.339 e. The van der Waals surface area contributed by atoms with Crippen LogP contribution < -0.4 is 5.56 Å². The van der Waals surface area contributed by atoms with Crippen LogP contribution in [0.1, 0.15) is 0 Å². The molecule has 0 spiro atoms. The van der Waals surface area contributed by atoms with Crippen molar-refractivity contribution < 1.29 is 0 Å². The lowest BCUT2D eigenvalue weighted by molar-refractivity contribution is 0.914. The smallest absolute Gasteiger partial charge is 0.283 e. The van der Waals surface area contributed by atoms with Gasteiger partial charge in [0.25, 0.3) is 5.56 Å². The summed E-state index contributed by atoms with van der Waals surface area (Å²) < 4.78 is 1.29. The highest BCUT2D eigenvalue weighted by Crippen LogP contribution is 2.12. The van der Waals surface area contributed by atoms with Gasteiger partial charge in [0.15, 0.2) is 0 Å². The van der Waals surface area contributed by atoms with Gasteiger partial charge in [-0.3, -0.25) is 4.79 Å². The SMILES string of the molecule is O=c1c2cnc(Cl)cc2[nH]c2ccnn12. The standard InChI is InChI=1S/C9H5ClN4O/c10-7-3-6-5(4-11-7)9(15)14-8(13-6)1-2-12-14/h1-4,13H. The molecule has 0 unspecified atom stereocenters. The fraction of sp³-hybridized carbons (Fsp3) is 0. The molecule has 0 atom stereocenters. The third-order valence-electron chi connectivity index (χ3n) is 2.20. The Balaban J connectivity index is 2.63. The van der Waals surface area contributed by atoms with Crippen molar-refractivity contribution in [2.24, 2.45) is 0 Å². The molecule has 15 heavy (non-hydrogen) atoms. The lowest BCUT2D eigenvalue weighted by Crippen LogP contribution is -2.15. The van der Waals surface area contributed by atoms with E-state index in [-0.39, 0.29) is 5.56 Å². The fourth-order valence-corrected chi connectivity index (χ4v) is 1.67. The molecule has 0 aliphatic rings. The average Bonchev–Trinajstić information content (AvgIpc) is 2.65. The molecular formula is C9H5ClN4O. The molecule has 0 amide bonds. The summed E-state index contributed by atoms with van der Waals surface area (Å²) in [5.41, 5.74) is 1.09. The number of aromatic nitrogens is 4. The van der Waals surface area contributed by atoms with Gasteiger partial charge in [0.2, 0.25) is 0 Å². The number of fused-ring (bicyclic) bond motifs is 2. The highest BCUT2D eigenvalue weighted by Gasteiger charge is 2.05. The van der Waals surface area contributed by atoms with Crippen LogP contribution >= 0.6 is 11.6 Å². The Morgan fingerprint density at radius 2 is 2.33 bits per heavy atom. The second-order valence-corrected chi connectivity index (χ2v) is 3.50. The van der Waals surface area contributed by atoms with Gasteiger partial charge in [-0.15, -0.1) is 0 Å². The molecule has 3 heterocycles. The normalized spacial score (nSPS) is 11.3. The predicted octanol–water partition coefficient (Wildman–Crippen LogP) is 1.22. The van der Waals surface area contributed by atoms with Crippen molar-refractivity contribution in [1.29, 1.82) is 0 Å². The van der Waals surface area contributed by atoms with Gasteiger partial charge in [-0.1, -0.05) is 11.6 Å². The molecule has 3 aromatic rings. The van der Waals surface area contributed by atoms with Crippen LogP contribution in [0.15, 0.2) is 29.3 Å². The molecule has 3 aromatic heterocycles. The molecule has 0 saturated heterocycles. The van der Waals surface area contributed by atoms with Gasteiger partial charge in [-0.2, -0.15) is 9.61 Å². The van der Waals surface area contributed by atoms with Crippen molar-refractivity contribution in [2.45, 2.75) is 0 Å². The molecule has 0 aliphatic heterocycles. The van der Waals surface area contributed by atoms with E-state index in [1.807, 2.05) is 0 Å². The van der Waals surface area contributed by atoms with E-state index in [0.717, 1.165) is 0 Å². The van der Waals surface area contributed by atoms with Crippen molar-refractivity contribution in [3.63, 3.8) is 0 Å². The van der Waals surface area contributed by atoms with E-state index < -0.39 is 0 Å². The zero-order valence-electron chi connectivity index (χ0n) is 7.44. The minimum atomic E-state index is -0.201. The van der Waals surface area contributed by atoms with Crippen LogP contribution in [0.4, 0.5) is 0 Å². The first-order chi connectivity index (χ1) is 7.25. The van der Waals surface area contributed by atoms with Crippen LogP contribution in [0.25, 0.3) is 16.6 Å². The number of rotatable bonds is 0. The van der Waals surface area contributed by atoms with Gasteiger partial charge in [-0.25, -0.2) is 4.98 Å². The maximum atomic E-state index is 11.9. The van der Waals surface area contributed by atoms with Crippen LogP contribution in [0, 0.1) is 0 Å². The maximum Gasteiger partial charge on any atom is 0.283 e. The second-order valence-electron chi connectivity index (χ2n) is 3.11. The van der Waals surface area contributed by atoms with E-state index in [0.29, 0.717) is 21.7 Å². The Kier molecular flexibility index (Phi) is 1.58. The van der Waals surface area contributed by atoms with Crippen LogP contribution in [-0.4, -0.2) is 19.6 Å². The van der Waals surface area contributed by atoms with Crippen molar-refractivity contribution in [2.75, 3.05) is 0 Å². The van der Waals surface area contributed by atoms with Crippen molar-refractivity contribution >= 4 is 28.2 Å². The molecule has 0 radical (unpaired) electrons. The zero-order valence-corrected chi connectivity index (χ0v) is 8.19. The summed E-state index contributed by atoms with van der Waals surface area (Å²) in [6.07, 6.45) is 3.00. The Morgan fingerprint density at radius 1 is 1.47 bits per heavy atom. The third kappa shape index (κ3) is 1.13. The topological polar surface area (TPSA) is 63.0 Å². The van der Waals surface area contributed by atoms with Crippen molar-refractivity contribution in [3.8, 4) is 0 Å². The first kappa shape index (κ1) is 8.43. The van der Waals surface area contributed by atoms with Gasteiger partial charge < -0.3 is 4.98 Å². The quantitative estimate of drug-likeness (QED) is 0.580. The molecular weight excluding hydrogens is 216 g/mol. The molecule has 0 bridgehead atoms. The molecule has 3 rings (SSSR count). The number of pyridine rings is 1. The molecule has 1 N–H and O–H groups in total. The first-order valence-electron chi connectivity index (χ1n) is 4.27. The highest BCUT2D eigenvalue weighted by atomic mass is 35.5. The first-order valence-corrected chi connectivity index (χ1v) is 4.65. The van der Waals surface area contributed by atoms with E-state index in [9.17, 15) is 4.79 Å². The number of H-pyrrole nitrogens is 1. The Morgan fingerprint density at radius 3 is 3.20 bits per heavy atom. The van der Waals surface area contributed by atoms with Gasteiger partial charge in [0.05, 0.1) is 17.1 Å². The van der Waals surface area contributed by atoms with E-state index in [1.165, 1.54) is 10.7 Å². The molecule has 0 fully saturated rings. The minimum Gasteiger partial charge on any atom is -0.339 e. The van der Waals surface area contributed by atoms with E-state index >= 15 is 0 Å². The summed E-state index contributed by atoms with van der Waals surface area (Å²) >= 11 is 5.74. The van der Waals surface area contributed by atoms with Crippen LogP contribution in [0.3, 0.4) is 0 Å². The zero-order chi connectivity index (χ0) is 10.4. The summed E-state index contributed by atoms with van der Waals surface area (Å²) in [6, 6.07) is 3.33. The molecule has 6 heteroatoms. The van der Waals surface area contributed by atoms with Gasteiger partial charge in [0, 0.05) is 12.3 Å². The lowest BCUT2D eigenvalue weighted by Gasteiger charge is -1.99. The highest BCUT2D eigenvalue weighted by molar-refractivity contribution is 6.29. The number of halogens is 1. The van der Waals surface area contributed by atoms with E-state index in [2.05, 4.69) is 15.1 Å². The summed E-state index contributed by atoms with van der Waals surface area (Å²) in [6.45, 7) is 0. The predicted molar refractivity (Wildman–Crippen MR) is 56.1 cm³/mol. The molecule has 0 saturated carbocycles. The average molecular weight is 221 g/mol. The summed E-state index contributed by atoms with van der Waals surface area (Å²) in [4.78, 5) is 18.8. The van der Waals surface area contributed by atoms with E-state index in [4.69, 9.17) is 11.6 Å².